The Balaban J connectivity index is 1.46. The van der Waals surface area contributed by atoms with Gasteiger partial charge in [0.05, 0.1) is 23.5 Å². The molecule has 2 fully saturated rings. The molecular weight excluding hydrogens is 444 g/mol. The van der Waals surface area contributed by atoms with Crippen LogP contribution in [0.2, 0.25) is 0 Å². The van der Waals surface area contributed by atoms with E-state index in [0.29, 0.717) is 29.9 Å². The van der Waals surface area contributed by atoms with Crippen LogP contribution in [0.4, 0.5) is 26.7 Å². The van der Waals surface area contributed by atoms with Crippen LogP contribution in [0.25, 0.3) is 0 Å². The first kappa shape index (κ1) is 22.5. The summed E-state index contributed by atoms with van der Waals surface area (Å²) in [5.74, 6) is -1.12. The lowest BCUT2D eigenvalue weighted by Crippen LogP contribution is -2.66. The maximum absolute atomic E-state index is 14.0. The Kier molecular flexibility index (Phi) is 6.10. The zero-order chi connectivity index (χ0) is 24.4. The lowest BCUT2D eigenvalue weighted by atomic mass is 10.0. The molecule has 3 aromatic carbocycles. The van der Waals surface area contributed by atoms with Gasteiger partial charge in [0.1, 0.15) is 0 Å². The summed E-state index contributed by atoms with van der Waals surface area (Å²) in [6, 6.07) is 24.6. The summed E-state index contributed by atoms with van der Waals surface area (Å²) in [6.07, 6.45) is 1.15. The molecule has 2 heterocycles. The second-order valence-electron chi connectivity index (χ2n) is 8.73. The van der Waals surface area contributed by atoms with Gasteiger partial charge in [0.25, 0.3) is 0 Å². The van der Waals surface area contributed by atoms with Gasteiger partial charge >= 0.3 is 18.0 Å². The highest BCUT2D eigenvalue weighted by molar-refractivity contribution is 6.01. The molecule has 2 N–H and O–H groups in total. The average Bonchev–Trinajstić information content (AvgIpc) is 3.18. The first-order valence-electron chi connectivity index (χ1n) is 11.6. The van der Waals surface area contributed by atoms with Crippen molar-refractivity contribution in [2.24, 2.45) is 0 Å². The fourth-order valence-electron chi connectivity index (χ4n) is 5.12. The molecule has 8 heteroatoms. The molecule has 2 aliphatic rings. The molecule has 2 aliphatic heterocycles. The SMILES string of the molecule is O=C(O)[C@@H]1[C@H]2CC[C@@H](CN1C(=O)N(c1ccccc1)c1ccccc1)N2C(=O)Nc1ccccc1. The van der Waals surface area contributed by atoms with Gasteiger partial charge in [-0.2, -0.15) is 0 Å². The molecule has 2 saturated heterocycles. The van der Waals surface area contributed by atoms with E-state index >= 15 is 0 Å². The number of hydrogen-bond acceptors (Lipinski definition) is 3. The molecule has 4 amide bonds. The Morgan fingerprint density at radius 2 is 1.34 bits per heavy atom. The van der Waals surface area contributed by atoms with Crippen LogP contribution in [-0.2, 0) is 4.79 Å². The predicted octanol–water partition coefficient (Wildman–Crippen LogP) is 4.78. The standard InChI is InChI=1S/C27H26N4O4/c32-25(33)24-23-17-16-22(31(23)26(34)28-19-10-4-1-5-11-19)18-29(24)27(35)30(20-12-6-2-7-13-20)21-14-8-3-9-15-21/h1-15,22-24H,16-18H2,(H,28,34)(H,32,33)/t22-,23+,24-/m0/s1. The molecule has 0 unspecified atom stereocenters. The summed E-state index contributed by atoms with van der Waals surface area (Å²) < 4.78 is 0. The van der Waals surface area contributed by atoms with Gasteiger partial charge in [-0.05, 0) is 49.2 Å². The Bertz CT molecular complexity index is 1170. The van der Waals surface area contributed by atoms with Crippen molar-refractivity contribution in [3.05, 3.63) is 91.0 Å². The number of benzene rings is 3. The Hall–Kier alpha value is -4.33. The van der Waals surface area contributed by atoms with E-state index in [1.807, 2.05) is 78.9 Å². The third-order valence-electron chi connectivity index (χ3n) is 6.63. The van der Waals surface area contributed by atoms with E-state index in [1.165, 1.54) is 9.80 Å². The number of urea groups is 2. The lowest BCUT2D eigenvalue weighted by Gasteiger charge is -2.46. The summed E-state index contributed by atoms with van der Waals surface area (Å²) in [6.45, 7) is 0.144. The number of hydrogen-bond donors (Lipinski definition) is 2. The van der Waals surface area contributed by atoms with Gasteiger partial charge in [-0.15, -0.1) is 0 Å². The van der Waals surface area contributed by atoms with Crippen LogP contribution in [0.15, 0.2) is 91.0 Å². The highest BCUT2D eigenvalue weighted by atomic mass is 16.4. The van der Waals surface area contributed by atoms with Gasteiger partial charge in [0, 0.05) is 12.2 Å². The Morgan fingerprint density at radius 1 is 0.800 bits per heavy atom. The predicted molar refractivity (Wildman–Crippen MR) is 133 cm³/mol. The third kappa shape index (κ3) is 4.30. The molecule has 8 nitrogen and oxygen atoms in total. The molecular formula is C27H26N4O4. The van der Waals surface area contributed by atoms with Crippen molar-refractivity contribution in [1.29, 1.82) is 0 Å². The fraction of sp³-hybridized carbons (Fsp3) is 0.222. The topological polar surface area (TPSA) is 93.2 Å². The molecule has 0 aromatic heterocycles. The van der Waals surface area contributed by atoms with Crippen LogP contribution in [0.1, 0.15) is 12.8 Å². The minimum absolute atomic E-state index is 0.144. The molecule has 0 saturated carbocycles. The molecule has 5 rings (SSSR count). The zero-order valence-electron chi connectivity index (χ0n) is 19.0. The maximum atomic E-state index is 14.0. The molecule has 0 aliphatic carbocycles. The second-order valence-corrected chi connectivity index (χ2v) is 8.73. The van der Waals surface area contributed by atoms with Gasteiger partial charge in [0.2, 0.25) is 0 Å². The number of carboxylic acid groups (broad SMARTS) is 1. The largest absolute Gasteiger partial charge is 0.480 e. The van der Waals surface area contributed by atoms with Crippen LogP contribution >= 0.6 is 0 Å². The fourth-order valence-corrected chi connectivity index (χ4v) is 5.12. The second kappa shape index (κ2) is 9.50. The normalized spacial score (nSPS) is 20.9. The minimum Gasteiger partial charge on any atom is -0.480 e. The number of fused-ring (bicyclic) bond motifs is 2. The number of nitrogens with one attached hydrogen (secondary N) is 1. The van der Waals surface area contributed by atoms with Crippen LogP contribution in [-0.4, -0.2) is 57.6 Å². The van der Waals surface area contributed by atoms with E-state index in [0.717, 1.165) is 0 Å². The van der Waals surface area contributed by atoms with Crippen LogP contribution in [0.3, 0.4) is 0 Å². The van der Waals surface area contributed by atoms with Crippen molar-refractivity contribution in [3.8, 4) is 0 Å². The van der Waals surface area contributed by atoms with Gasteiger partial charge in [-0.3, -0.25) is 4.90 Å². The van der Waals surface area contributed by atoms with E-state index in [9.17, 15) is 19.5 Å². The smallest absolute Gasteiger partial charge is 0.329 e. The minimum atomic E-state index is -1.15. The molecule has 178 valence electrons. The van der Waals surface area contributed by atoms with E-state index in [1.54, 1.807) is 17.0 Å². The number of carboxylic acids is 1. The number of para-hydroxylation sites is 3. The molecule has 3 aromatic rings. The van der Waals surface area contributed by atoms with E-state index < -0.39 is 24.1 Å². The molecule has 0 radical (unpaired) electrons. The first-order valence-corrected chi connectivity index (χ1v) is 11.6. The third-order valence-corrected chi connectivity index (χ3v) is 6.63. The summed E-state index contributed by atoms with van der Waals surface area (Å²) in [4.78, 5) is 44.2. The van der Waals surface area contributed by atoms with E-state index in [2.05, 4.69) is 5.32 Å². The number of aliphatic carboxylic acids is 1. The van der Waals surface area contributed by atoms with Crippen LogP contribution in [0, 0.1) is 0 Å². The molecule has 35 heavy (non-hydrogen) atoms. The van der Waals surface area contributed by atoms with Crippen LogP contribution < -0.4 is 10.2 Å². The summed E-state index contributed by atoms with van der Waals surface area (Å²) in [5, 5.41) is 13.1. The number of carbonyl (C=O) groups is 3. The summed E-state index contributed by atoms with van der Waals surface area (Å²) in [5.41, 5.74) is 1.93. The number of carbonyl (C=O) groups excluding carboxylic acids is 2. The summed E-state index contributed by atoms with van der Waals surface area (Å²) >= 11 is 0. The van der Waals surface area contributed by atoms with Crippen molar-refractivity contribution in [3.63, 3.8) is 0 Å². The lowest BCUT2D eigenvalue weighted by molar-refractivity contribution is -0.145. The van der Waals surface area contributed by atoms with Crippen molar-refractivity contribution in [2.45, 2.75) is 31.0 Å². The average molecular weight is 471 g/mol. The number of piperazine rings is 1. The number of amides is 4. The van der Waals surface area contributed by atoms with Crippen molar-refractivity contribution in [2.75, 3.05) is 16.8 Å². The van der Waals surface area contributed by atoms with Gasteiger partial charge in [0.15, 0.2) is 6.04 Å². The highest BCUT2D eigenvalue weighted by Crippen LogP contribution is 2.37. The Morgan fingerprint density at radius 3 is 1.89 bits per heavy atom. The van der Waals surface area contributed by atoms with Crippen molar-refractivity contribution in [1.82, 2.24) is 9.80 Å². The van der Waals surface area contributed by atoms with E-state index in [4.69, 9.17) is 0 Å². The molecule has 0 spiro atoms. The van der Waals surface area contributed by atoms with Gasteiger partial charge < -0.3 is 20.2 Å². The van der Waals surface area contributed by atoms with Gasteiger partial charge in [-0.25, -0.2) is 14.4 Å². The molecule has 2 bridgehead atoms. The van der Waals surface area contributed by atoms with Crippen molar-refractivity contribution >= 4 is 35.1 Å². The maximum Gasteiger partial charge on any atom is 0.329 e. The number of rotatable bonds is 4. The summed E-state index contributed by atoms with van der Waals surface area (Å²) in [7, 11) is 0. The zero-order valence-corrected chi connectivity index (χ0v) is 19.0. The quantitative estimate of drug-likeness (QED) is 0.574. The number of nitrogens with zero attached hydrogens (tertiary/aromatic N) is 3. The Labute approximate surface area is 203 Å². The number of likely N-dealkylation sites (tertiary alicyclic amines) is 1. The number of anilines is 3. The highest BCUT2D eigenvalue weighted by Gasteiger charge is 2.53. The monoisotopic (exact) mass is 470 g/mol. The van der Waals surface area contributed by atoms with Gasteiger partial charge in [-0.1, -0.05) is 54.6 Å². The first-order chi connectivity index (χ1) is 17.0. The van der Waals surface area contributed by atoms with E-state index in [-0.39, 0.29) is 18.6 Å². The molecule has 3 atom stereocenters. The van der Waals surface area contributed by atoms with Crippen molar-refractivity contribution < 1.29 is 19.5 Å². The van der Waals surface area contributed by atoms with Crippen LogP contribution in [0.5, 0.6) is 0 Å².